The number of aryl methyl sites for hydroxylation is 1. The lowest BCUT2D eigenvalue weighted by Gasteiger charge is -2.30. The van der Waals surface area contributed by atoms with Crippen LogP contribution >= 0.6 is 0 Å². The highest BCUT2D eigenvalue weighted by molar-refractivity contribution is 6.16. The van der Waals surface area contributed by atoms with Crippen LogP contribution < -0.4 is 33.2 Å². The second kappa shape index (κ2) is 10.8. The van der Waals surface area contributed by atoms with Crippen molar-refractivity contribution in [2.24, 2.45) is 0 Å². The van der Waals surface area contributed by atoms with Gasteiger partial charge in [-0.2, -0.15) is 0 Å². The van der Waals surface area contributed by atoms with Crippen LogP contribution in [0.15, 0.2) is 42.2 Å². The van der Waals surface area contributed by atoms with Crippen LogP contribution in [-0.4, -0.2) is 53.0 Å². The van der Waals surface area contributed by atoms with Gasteiger partial charge in [-0.15, -0.1) is 0 Å². The average molecular weight is 534 g/mol. The summed E-state index contributed by atoms with van der Waals surface area (Å²) in [6.45, 7) is 3.46. The maximum atomic E-state index is 13.5. The number of allylic oxidation sites excluding steroid dienone is 1. The number of methoxy groups -OCH3 is 5. The van der Waals surface area contributed by atoms with Gasteiger partial charge >= 0.3 is 0 Å². The van der Waals surface area contributed by atoms with Gasteiger partial charge in [0.1, 0.15) is 18.2 Å². The number of rotatable bonds is 8. The molecule has 204 valence electrons. The maximum absolute atomic E-state index is 13.5. The number of hydrogen-bond acceptors (Lipinski definition) is 9. The predicted molar refractivity (Wildman–Crippen MR) is 145 cm³/mol. The van der Waals surface area contributed by atoms with E-state index in [9.17, 15) is 4.79 Å². The molecule has 9 heteroatoms. The molecule has 3 aromatic carbocycles. The van der Waals surface area contributed by atoms with Crippen LogP contribution in [0.5, 0.6) is 40.2 Å². The molecule has 2 aliphatic heterocycles. The van der Waals surface area contributed by atoms with Crippen molar-refractivity contribution in [1.82, 2.24) is 4.90 Å². The highest BCUT2D eigenvalue weighted by atomic mass is 16.5. The van der Waals surface area contributed by atoms with Crippen molar-refractivity contribution in [2.45, 2.75) is 20.0 Å². The van der Waals surface area contributed by atoms with Gasteiger partial charge in [-0.3, -0.25) is 9.69 Å². The fourth-order valence-corrected chi connectivity index (χ4v) is 4.95. The summed E-state index contributed by atoms with van der Waals surface area (Å²) in [7, 11) is 7.86. The summed E-state index contributed by atoms with van der Waals surface area (Å²) in [6.07, 6.45) is 1.68. The largest absolute Gasteiger partial charge is 0.493 e. The first-order chi connectivity index (χ1) is 18.9. The normalized spacial score (nSPS) is 15.2. The molecule has 0 N–H and O–H groups in total. The molecule has 5 rings (SSSR count). The van der Waals surface area contributed by atoms with Crippen molar-refractivity contribution < 1.29 is 38.0 Å². The standard InChI is InChI=1S/C30H31NO8/c1-17-9-22-20(15-31(16-38-22)14-18-7-8-21(33-2)23(10-18)34-3)29-27(17)28(32)24(39-29)11-19-12-25(35-4)30(37-6)26(13-19)36-5/h7-13H,14-16H2,1-6H3/b24-11-. The third-order valence-electron chi connectivity index (χ3n) is 6.83. The van der Waals surface area contributed by atoms with Gasteiger partial charge in [0.15, 0.2) is 28.8 Å². The highest BCUT2D eigenvalue weighted by Gasteiger charge is 2.35. The second-order valence-electron chi connectivity index (χ2n) is 9.22. The van der Waals surface area contributed by atoms with Crippen molar-refractivity contribution in [3.63, 3.8) is 0 Å². The number of ketones is 1. The van der Waals surface area contributed by atoms with E-state index in [4.69, 9.17) is 33.2 Å². The fourth-order valence-electron chi connectivity index (χ4n) is 4.95. The number of benzene rings is 3. The van der Waals surface area contributed by atoms with E-state index in [2.05, 4.69) is 4.90 Å². The van der Waals surface area contributed by atoms with Crippen molar-refractivity contribution >= 4 is 11.9 Å². The van der Waals surface area contributed by atoms with Crippen LogP contribution in [-0.2, 0) is 13.1 Å². The monoisotopic (exact) mass is 533 g/mol. The van der Waals surface area contributed by atoms with Gasteiger partial charge in [0.25, 0.3) is 0 Å². The predicted octanol–water partition coefficient (Wildman–Crippen LogP) is 5.01. The lowest BCUT2D eigenvalue weighted by Crippen LogP contribution is -2.31. The average Bonchev–Trinajstić information content (AvgIpc) is 3.28. The minimum atomic E-state index is -0.184. The fraction of sp³-hybridized carbons (Fsp3) is 0.300. The van der Waals surface area contributed by atoms with Crippen molar-refractivity contribution in [3.05, 3.63) is 70.0 Å². The van der Waals surface area contributed by atoms with Crippen LogP contribution in [0, 0.1) is 6.92 Å². The number of carbonyl (C=O) groups excluding carboxylic acids is 1. The van der Waals surface area contributed by atoms with E-state index < -0.39 is 0 Å². The first-order valence-electron chi connectivity index (χ1n) is 12.4. The summed E-state index contributed by atoms with van der Waals surface area (Å²) in [6, 6.07) is 11.3. The molecule has 9 nitrogen and oxygen atoms in total. The summed E-state index contributed by atoms with van der Waals surface area (Å²) in [5.74, 6) is 4.07. The number of carbonyl (C=O) groups is 1. The molecule has 2 heterocycles. The second-order valence-corrected chi connectivity index (χ2v) is 9.22. The zero-order valence-corrected chi connectivity index (χ0v) is 22.9. The maximum Gasteiger partial charge on any atom is 0.232 e. The van der Waals surface area contributed by atoms with Gasteiger partial charge in [-0.25, -0.2) is 0 Å². The SMILES string of the molecule is COc1ccc(CN2COc3cc(C)c4c(c3C2)O/C(=C\c2cc(OC)c(OC)c(OC)c2)C4=O)cc1OC. The topological polar surface area (TPSA) is 84.9 Å². The molecule has 0 amide bonds. The number of hydrogen-bond donors (Lipinski definition) is 0. The number of nitrogens with zero attached hydrogens (tertiary/aromatic N) is 1. The lowest BCUT2D eigenvalue weighted by atomic mass is 9.98. The molecule has 0 unspecified atom stereocenters. The molecule has 3 aromatic rings. The summed E-state index contributed by atoms with van der Waals surface area (Å²) in [5, 5.41) is 0. The first-order valence-corrected chi connectivity index (χ1v) is 12.4. The minimum Gasteiger partial charge on any atom is -0.493 e. The minimum absolute atomic E-state index is 0.184. The van der Waals surface area contributed by atoms with E-state index in [1.165, 1.54) is 0 Å². The van der Waals surface area contributed by atoms with Gasteiger partial charge in [0.05, 0.1) is 46.7 Å². The third kappa shape index (κ3) is 4.81. The molecule has 0 spiro atoms. The first kappa shape index (κ1) is 26.2. The summed E-state index contributed by atoms with van der Waals surface area (Å²) >= 11 is 0. The number of ether oxygens (including phenoxy) is 7. The molecule has 0 saturated carbocycles. The Morgan fingerprint density at radius 3 is 2.21 bits per heavy atom. The molecular formula is C30H31NO8. The Labute approximate surface area is 227 Å². The summed E-state index contributed by atoms with van der Waals surface area (Å²) < 4.78 is 39.5. The Hall–Kier alpha value is -4.37. The molecule has 0 bridgehead atoms. The van der Waals surface area contributed by atoms with Gasteiger partial charge in [-0.05, 0) is 60.0 Å². The summed E-state index contributed by atoms with van der Waals surface area (Å²) in [5.41, 5.74) is 3.91. The quantitative estimate of drug-likeness (QED) is 0.371. The van der Waals surface area contributed by atoms with E-state index in [0.29, 0.717) is 65.4 Å². The Morgan fingerprint density at radius 2 is 1.56 bits per heavy atom. The molecule has 0 radical (unpaired) electrons. The smallest absolute Gasteiger partial charge is 0.232 e. The van der Waals surface area contributed by atoms with E-state index in [-0.39, 0.29) is 11.5 Å². The van der Waals surface area contributed by atoms with Crippen molar-refractivity contribution in [1.29, 1.82) is 0 Å². The summed E-state index contributed by atoms with van der Waals surface area (Å²) in [4.78, 5) is 15.6. The number of Topliss-reactive ketones (excluding diaryl/α,β-unsaturated/α-hetero) is 1. The zero-order valence-electron chi connectivity index (χ0n) is 22.9. The Kier molecular flexibility index (Phi) is 7.26. The van der Waals surface area contributed by atoms with Crippen LogP contribution in [0.25, 0.3) is 6.08 Å². The van der Waals surface area contributed by atoms with Crippen LogP contribution in [0.1, 0.15) is 32.6 Å². The van der Waals surface area contributed by atoms with E-state index in [1.807, 2.05) is 31.2 Å². The van der Waals surface area contributed by atoms with Gasteiger partial charge in [0.2, 0.25) is 11.5 Å². The van der Waals surface area contributed by atoms with E-state index in [0.717, 1.165) is 22.4 Å². The van der Waals surface area contributed by atoms with Crippen molar-refractivity contribution in [2.75, 3.05) is 42.3 Å². The molecule has 0 atom stereocenters. The van der Waals surface area contributed by atoms with Crippen LogP contribution in [0.2, 0.25) is 0 Å². The number of fused-ring (bicyclic) bond motifs is 3. The van der Waals surface area contributed by atoms with Crippen LogP contribution in [0.3, 0.4) is 0 Å². The van der Waals surface area contributed by atoms with Crippen LogP contribution in [0.4, 0.5) is 0 Å². The third-order valence-corrected chi connectivity index (χ3v) is 6.83. The Morgan fingerprint density at radius 1 is 0.872 bits per heavy atom. The molecule has 0 aliphatic carbocycles. The lowest BCUT2D eigenvalue weighted by molar-refractivity contribution is 0.0871. The van der Waals surface area contributed by atoms with Gasteiger partial charge < -0.3 is 33.2 Å². The zero-order chi connectivity index (χ0) is 27.7. The Balaban J connectivity index is 1.45. The van der Waals surface area contributed by atoms with Gasteiger partial charge in [-0.1, -0.05) is 6.07 Å². The van der Waals surface area contributed by atoms with E-state index in [1.54, 1.807) is 53.8 Å². The molecule has 0 aromatic heterocycles. The molecule has 0 saturated heterocycles. The highest BCUT2D eigenvalue weighted by Crippen LogP contribution is 2.45. The molecule has 39 heavy (non-hydrogen) atoms. The molecule has 2 aliphatic rings. The molecular weight excluding hydrogens is 502 g/mol. The van der Waals surface area contributed by atoms with Crippen molar-refractivity contribution in [3.8, 4) is 40.2 Å². The molecule has 0 fully saturated rings. The Bertz CT molecular complexity index is 1440. The van der Waals surface area contributed by atoms with Gasteiger partial charge in [0, 0.05) is 13.1 Å². The van der Waals surface area contributed by atoms with E-state index >= 15 is 0 Å².